The first kappa shape index (κ1) is 20.3. The van der Waals surface area contributed by atoms with Crippen LogP contribution in [0.1, 0.15) is 25.0 Å². The molecule has 5 nitrogen and oxygen atoms in total. The first-order valence-corrected chi connectivity index (χ1v) is 8.41. The maximum absolute atomic E-state index is 12.6. The van der Waals surface area contributed by atoms with Crippen LogP contribution in [0.25, 0.3) is 0 Å². The molecule has 0 radical (unpaired) electrons. The maximum atomic E-state index is 12.6. The van der Waals surface area contributed by atoms with Gasteiger partial charge in [0, 0.05) is 27.2 Å². The molecule has 2 rings (SSSR count). The number of nitro benzene ring substituents is 1. The van der Waals surface area contributed by atoms with Gasteiger partial charge in [0.1, 0.15) is 11.5 Å². The Morgan fingerprint density at radius 3 is 2.12 bits per heavy atom. The van der Waals surface area contributed by atoms with Gasteiger partial charge in [-0.05, 0) is 51.9 Å². The summed E-state index contributed by atoms with van der Waals surface area (Å²) >= 11 is 1.96. The second kappa shape index (κ2) is 7.29. The van der Waals surface area contributed by atoms with Gasteiger partial charge in [0.05, 0.1) is 12.0 Å². The fraction of sp³-hybridized carbons (Fsp3) is 0.294. The van der Waals surface area contributed by atoms with Crippen molar-refractivity contribution in [3.05, 3.63) is 61.2 Å². The average Bonchev–Trinajstić information content (AvgIpc) is 2.52. The molecule has 2 aromatic carbocycles. The van der Waals surface area contributed by atoms with Gasteiger partial charge in [-0.15, -0.1) is 13.2 Å². The number of nitrogens with zero attached hydrogens (tertiary/aromatic N) is 1. The van der Waals surface area contributed by atoms with E-state index in [9.17, 15) is 23.3 Å². The summed E-state index contributed by atoms with van der Waals surface area (Å²) in [7, 11) is 1.33. The lowest BCUT2D eigenvalue weighted by molar-refractivity contribution is -0.385. The van der Waals surface area contributed by atoms with E-state index in [1.165, 1.54) is 25.3 Å². The molecule has 0 bridgehead atoms. The number of ether oxygens (including phenoxy) is 2. The summed E-state index contributed by atoms with van der Waals surface area (Å²) in [5.74, 6) is -0.227. The van der Waals surface area contributed by atoms with Crippen molar-refractivity contribution in [1.29, 1.82) is 0 Å². The van der Waals surface area contributed by atoms with Crippen molar-refractivity contribution in [2.45, 2.75) is 25.6 Å². The zero-order valence-corrected chi connectivity index (χ0v) is 16.2. The molecular formula is C17H15F3INO4. The Morgan fingerprint density at radius 1 is 1.00 bits per heavy atom. The van der Waals surface area contributed by atoms with Crippen LogP contribution in [0.3, 0.4) is 0 Å². The SMILES string of the molecule is COc1cc(OC(F)(F)F)cc(C(C)(C)c2cc(I)cc([N+](=O)[O-])c2)c1. The molecule has 0 heterocycles. The Morgan fingerprint density at radius 2 is 1.58 bits per heavy atom. The third-order valence-corrected chi connectivity index (χ3v) is 4.51. The molecule has 0 saturated heterocycles. The number of alkyl halides is 3. The summed E-state index contributed by atoms with van der Waals surface area (Å²) in [6.07, 6.45) is -4.84. The van der Waals surface area contributed by atoms with Crippen molar-refractivity contribution in [1.82, 2.24) is 0 Å². The summed E-state index contributed by atoms with van der Waals surface area (Å²) in [4.78, 5) is 10.6. The molecule has 2 aromatic rings. The van der Waals surface area contributed by atoms with Crippen molar-refractivity contribution < 1.29 is 27.6 Å². The molecule has 0 aliphatic rings. The highest BCUT2D eigenvalue weighted by molar-refractivity contribution is 14.1. The quantitative estimate of drug-likeness (QED) is 0.325. The van der Waals surface area contributed by atoms with E-state index in [2.05, 4.69) is 4.74 Å². The van der Waals surface area contributed by atoms with Crippen LogP contribution in [0.4, 0.5) is 18.9 Å². The maximum Gasteiger partial charge on any atom is 0.573 e. The Hall–Kier alpha value is -2.04. The zero-order chi connectivity index (χ0) is 19.7. The van der Waals surface area contributed by atoms with Gasteiger partial charge in [-0.3, -0.25) is 10.1 Å². The van der Waals surface area contributed by atoms with Crippen LogP contribution >= 0.6 is 22.6 Å². The summed E-state index contributed by atoms with van der Waals surface area (Å²) in [6, 6.07) is 8.54. The molecule has 0 aliphatic carbocycles. The summed E-state index contributed by atoms with van der Waals surface area (Å²) in [5, 5.41) is 11.1. The fourth-order valence-electron chi connectivity index (χ4n) is 2.45. The highest BCUT2D eigenvalue weighted by atomic mass is 127. The number of hydrogen-bond donors (Lipinski definition) is 0. The Bertz CT molecular complexity index is 837. The van der Waals surface area contributed by atoms with Gasteiger partial charge in [-0.1, -0.05) is 13.8 Å². The van der Waals surface area contributed by atoms with Gasteiger partial charge in [0.2, 0.25) is 0 Å². The predicted molar refractivity (Wildman–Crippen MR) is 97.6 cm³/mol. The minimum absolute atomic E-state index is 0.0883. The van der Waals surface area contributed by atoms with E-state index in [1.54, 1.807) is 26.0 Å². The lowest BCUT2D eigenvalue weighted by Crippen LogP contribution is -2.21. The lowest BCUT2D eigenvalue weighted by Gasteiger charge is -2.27. The normalized spacial score (nSPS) is 12.0. The molecule has 0 atom stereocenters. The Kier molecular flexibility index (Phi) is 5.69. The molecule has 0 spiro atoms. The summed E-state index contributed by atoms with van der Waals surface area (Å²) in [6.45, 7) is 3.52. The van der Waals surface area contributed by atoms with Crippen molar-refractivity contribution >= 4 is 28.3 Å². The number of methoxy groups -OCH3 is 1. The van der Waals surface area contributed by atoms with Crippen LogP contribution in [0.15, 0.2) is 36.4 Å². The monoisotopic (exact) mass is 481 g/mol. The molecule has 140 valence electrons. The second-order valence-electron chi connectivity index (χ2n) is 6.03. The smallest absolute Gasteiger partial charge is 0.497 e. The third kappa shape index (κ3) is 4.77. The first-order valence-electron chi connectivity index (χ1n) is 7.33. The van der Waals surface area contributed by atoms with Crippen LogP contribution in [-0.4, -0.2) is 18.4 Å². The molecule has 0 amide bonds. The second-order valence-corrected chi connectivity index (χ2v) is 7.27. The van der Waals surface area contributed by atoms with Crippen LogP contribution in [0.2, 0.25) is 0 Å². The topological polar surface area (TPSA) is 61.6 Å². The number of halogens is 4. The van der Waals surface area contributed by atoms with Gasteiger partial charge < -0.3 is 9.47 Å². The zero-order valence-electron chi connectivity index (χ0n) is 14.1. The Balaban J connectivity index is 2.58. The molecule has 26 heavy (non-hydrogen) atoms. The number of hydrogen-bond acceptors (Lipinski definition) is 4. The number of benzene rings is 2. The van der Waals surface area contributed by atoms with E-state index in [1.807, 2.05) is 22.6 Å². The lowest BCUT2D eigenvalue weighted by atomic mass is 9.78. The fourth-order valence-corrected chi connectivity index (χ4v) is 3.10. The molecular weight excluding hydrogens is 466 g/mol. The van der Waals surface area contributed by atoms with Crippen LogP contribution in [-0.2, 0) is 5.41 Å². The van der Waals surface area contributed by atoms with E-state index >= 15 is 0 Å². The molecule has 0 aromatic heterocycles. The molecule has 9 heteroatoms. The minimum Gasteiger partial charge on any atom is -0.497 e. The van der Waals surface area contributed by atoms with Crippen LogP contribution in [0.5, 0.6) is 11.5 Å². The molecule has 0 saturated carbocycles. The average molecular weight is 481 g/mol. The molecule has 0 aliphatic heterocycles. The van der Waals surface area contributed by atoms with Gasteiger partial charge in [-0.2, -0.15) is 0 Å². The summed E-state index contributed by atoms with van der Waals surface area (Å²) < 4.78 is 47.5. The van der Waals surface area contributed by atoms with Crippen LogP contribution < -0.4 is 9.47 Å². The van der Waals surface area contributed by atoms with Crippen molar-refractivity contribution in [2.24, 2.45) is 0 Å². The van der Waals surface area contributed by atoms with Gasteiger partial charge >= 0.3 is 6.36 Å². The highest BCUT2D eigenvalue weighted by Crippen LogP contribution is 2.39. The number of rotatable bonds is 5. The standard InChI is InChI=1S/C17H15F3INO4/c1-16(2,10-4-12(21)8-13(5-10)22(23)24)11-6-14(25-3)9-15(7-11)26-17(18,19)20/h4-9H,1-3H3. The number of nitro groups is 1. The van der Waals surface area contributed by atoms with E-state index in [-0.39, 0.29) is 11.4 Å². The summed E-state index contributed by atoms with van der Waals surface area (Å²) in [5.41, 5.74) is 0.133. The van der Waals surface area contributed by atoms with Gasteiger partial charge in [-0.25, -0.2) is 0 Å². The van der Waals surface area contributed by atoms with E-state index in [0.29, 0.717) is 14.7 Å². The van der Waals surface area contributed by atoms with Crippen molar-refractivity contribution in [2.75, 3.05) is 7.11 Å². The largest absolute Gasteiger partial charge is 0.573 e. The molecule has 0 N–H and O–H groups in total. The van der Waals surface area contributed by atoms with E-state index in [0.717, 1.165) is 6.07 Å². The van der Waals surface area contributed by atoms with E-state index < -0.39 is 22.5 Å². The van der Waals surface area contributed by atoms with Gasteiger partial charge in [0.25, 0.3) is 5.69 Å². The van der Waals surface area contributed by atoms with Crippen molar-refractivity contribution in [3.8, 4) is 11.5 Å². The van der Waals surface area contributed by atoms with E-state index in [4.69, 9.17) is 4.74 Å². The highest BCUT2D eigenvalue weighted by Gasteiger charge is 2.33. The number of non-ortho nitro benzene ring substituents is 1. The predicted octanol–water partition coefficient (Wildman–Crippen LogP) is 5.43. The molecule has 0 fully saturated rings. The van der Waals surface area contributed by atoms with Gasteiger partial charge in [0.15, 0.2) is 0 Å². The molecule has 0 unspecified atom stereocenters. The van der Waals surface area contributed by atoms with Crippen LogP contribution in [0, 0.1) is 13.7 Å². The minimum atomic E-state index is -4.84. The first-order chi connectivity index (χ1) is 11.9. The van der Waals surface area contributed by atoms with Crippen molar-refractivity contribution in [3.63, 3.8) is 0 Å². The third-order valence-electron chi connectivity index (χ3n) is 3.89. The Labute approximate surface area is 161 Å².